The van der Waals surface area contributed by atoms with Crippen LogP contribution in [0.4, 0.5) is 45.5 Å². The maximum atomic E-state index is 5.74. The molecule has 316 valence electrons. The Bertz CT molecular complexity index is 1960. The van der Waals surface area contributed by atoms with Gasteiger partial charge in [-0.05, 0) is 146 Å². The van der Waals surface area contributed by atoms with Gasteiger partial charge in [0, 0.05) is 24.9 Å². The van der Waals surface area contributed by atoms with E-state index in [-0.39, 0.29) is 0 Å². The largest absolute Gasteiger partial charge is 0.397 e. The standard InChI is InChI=1S/C40H54N4.C12H14N4/c1-5-13-31(14-6-1)27-41-37-23-21-35(25-39(37)43-29-33-17-9-3-10-18-33)36-22-24-38(42-28-32-15-7-2-8-16-32)40(26-36)44-30-34-19-11-4-12-20-34;13-9-3-1-7(5-11(9)15)8-2-4-10(14)12(16)6-8/h21-34H,1-20H2;1-6H,13-16H2. The molecule has 0 radical (unpaired) electrons. The zero-order valence-electron chi connectivity index (χ0n) is 35.8. The average Bonchev–Trinajstić information content (AvgIpc) is 3.30. The molecule has 4 saturated carbocycles. The van der Waals surface area contributed by atoms with E-state index in [2.05, 4.69) is 61.3 Å². The minimum absolute atomic E-state index is 0.563. The summed E-state index contributed by atoms with van der Waals surface area (Å²) in [5, 5.41) is 0. The van der Waals surface area contributed by atoms with Crippen molar-refractivity contribution in [2.45, 2.75) is 128 Å². The molecule has 0 aromatic heterocycles. The van der Waals surface area contributed by atoms with Crippen molar-refractivity contribution in [3.05, 3.63) is 72.8 Å². The molecular formula is C52H68N8. The molecule has 4 aromatic carbocycles. The molecular weight excluding hydrogens is 737 g/mol. The second-order valence-electron chi connectivity index (χ2n) is 17.8. The molecule has 0 atom stereocenters. The van der Waals surface area contributed by atoms with E-state index in [1.54, 1.807) is 12.1 Å². The number of nitrogens with two attached hydrogens (primary N) is 4. The fourth-order valence-corrected chi connectivity index (χ4v) is 9.22. The molecule has 8 N–H and O–H groups in total. The monoisotopic (exact) mass is 805 g/mol. The van der Waals surface area contributed by atoms with Crippen molar-refractivity contribution in [3.63, 3.8) is 0 Å². The van der Waals surface area contributed by atoms with Gasteiger partial charge in [0.1, 0.15) is 0 Å². The molecule has 4 aliphatic rings. The van der Waals surface area contributed by atoms with E-state index < -0.39 is 0 Å². The zero-order valence-corrected chi connectivity index (χ0v) is 35.8. The molecule has 0 aliphatic heterocycles. The molecule has 8 rings (SSSR count). The summed E-state index contributed by atoms with van der Waals surface area (Å²) in [6.45, 7) is 0. The SMILES string of the molecule is C(=Nc1ccc(-c2ccc(N=CC3CCCCC3)c(N=CC3CCCCC3)c2)cc1N=CC1CCCCC1)C1CCCCC1.Nc1ccc(-c2ccc(N)c(N)c2)cc1N. The molecule has 0 unspecified atom stereocenters. The first-order chi connectivity index (χ1) is 29.4. The molecule has 4 aromatic rings. The number of benzene rings is 4. The quantitative estimate of drug-likeness (QED) is 0.0930. The molecule has 8 heteroatoms. The highest BCUT2D eigenvalue weighted by Crippen LogP contribution is 2.39. The molecule has 0 saturated heterocycles. The molecule has 4 fully saturated rings. The topological polar surface area (TPSA) is 154 Å². The molecule has 0 amide bonds. The Kier molecular flexibility index (Phi) is 15.6. The van der Waals surface area contributed by atoms with Gasteiger partial charge in [-0.3, -0.25) is 20.0 Å². The lowest BCUT2D eigenvalue weighted by Crippen LogP contribution is -2.07. The first-order valence-corrected chi connectivity index (χ1v) is 23.1. The summed E-state index contributed by atoms with van der Waals surface area (Å²) in [4.78, 5) is 20.3. The van der Waals surface area contributed by atoms with Gasteiger partial charge in [0.05, 0.1) is 45.5 Å². The van der Waals surface area contributed by atoms with Gasteiger partial charge in [-0.25, -0.2) is 0 Å². The Labute approximate surface area is 359 Å². The number of rotatable bonds is 10. The lowest BCUT2D eigenvalue weighted by molar-refractivity contribution is 0.445. The summed E-state index contributed by atoms with van der Waals surface area (Å²) in [7, 11) is 0. The van der Waals surface area contributed by atoms with Crippen LogP contribution in [-0.2, 0) is 0 Å². The van der Waals surface area contributed by atoms with Crippen molar-refractivity contribution >= 4 is 70.4 Å². The predicted molar refractivity (Wildman–Crippen MR) is 260 cm³/mol. The minimum atomic E-state index is 0.563. The number of anilines is 4. The van der Waals surface area contributed by atoms with Crippen LogP contribution in [0.3, 0.4) is 0 Å². The predicted octanol–water partition coefficient (Wildman–Crippen LogP) is 14.2. The molecule has 0 heterocycles. The third-order valence-corrected chi connectivity index (χ3v) is 13.1. The Hall–Kier alpha value is -5.24. The lowest BCUT2D eigenvalue weighted by Gasteiger charge is -2.18. The second-order valence-corrected chi connectivity index (χ2v) is 17.8. The number of hydrogen-bond acceptors (Lipinski definition) is 8. The maximum absolute atomic E-state index is 5.74. The molecule has 60 heavy (non-hydrogen) atoms. The highest BCUT2D eigenvalue weighted by molar-refractivity contribution is 5.84. The highest BCUT2D eigenvalue weighted by atomic mass is 14.8. The maximum Gasteiger partial charge on any atom is 0.0888 e. The summed E-state index contributed by atoms with van der Waals surface area (Å²) in [6.07, 6.45) is 35.0. The molecule has 0 spiro atoms. The van der Waals surface area contributed by atoms with Crippen LogP contribution < -0.4 is 22.9 Å². The van der Waals surface area contributed by atoms with E-state index in [1.165, 1.54) is 140 Å². The van der Waals surface area contributed by atoms with Gasteiger partial charge in [-0.2, -0.15) is 0 Å². The van der Waals surface area contributed by atoms with Crippen LogP contribution in [0.2, 0.25) is 0 Å². The Balaban J connectivity index is 0.000000285. The van der Waals surface area contributed by atoms with Crippen molar-refractivity contribution in [3.8, 4) is 22.3 Å². The third-order valence-electron chi connectivity index (χ3n) is 13.1. The Morgan fingerprint density at radius 1 is 0.300 bits per heavy atom. The van der Waals surface area contributed by atoms with Crippen LogP contribution in [0, 0.1) is 23.7 Å². The van der Waals surface area contributed by atoms with Crippen LogP contribution in [0.5, 0.6) is 0 Å². The average molecular weight is 805 g/mol. The summed E-state index contributed by atoms with van der Waals surface area (Å²) in [5.74, 6) is 2.38. The smallest absolute Gasteiger partial charge is 0.0888 e. The van der Waals surface area contributed by atoms with E-state index >= 15 is 0 Å². The van der Waals surface area contributed by atoms with E-state index in [0.717, 1.165) is 33.9 Å². The van der Waals surface area contributed by atoms with Crippen molar-refractivity contribution in [1.82, 2.24) is 0 Å². The Morgan fingerprint density at radius 3 is 0.867 bits per heavy atom. The van der Waals surface area contributed by atoms with Gasteiger partial charge in [0.15, 0.2) is 0 Å². The molecule has 8 nitrogen and oxygen atoms in total. The minimum Gasteiger partial charge on any atom is -0.397 e. The number of aliphatic imine (C=N–C) groups is 4. The fourth-order valence-electron chi connectivity index (χ4n) is 9.22. The number of nitrogens with zero attached hydrogens (tertiary/aromatic N) is 4. The van der Waals surface area contributed by atoms with Gasteiger partial charge < -0.3 is 22.9 Å². The lowest BCUT2D eigenvalue weighted by atomic mass is 9.90. The van der Waals surface area contributed by atoms with Crippen molar-refractivity contribution in [2.75, 3.05) is 22.9 Å². The van der Waals surface area contributed by atoms with Gasteiger partial charge in [-0.1, -0.05) is 101 Å². The zero-order chi connectivity index (χ0) is 41.5. The van der Waals surface area contributed by atoms with E-state index in [1.807, 2.05) is 24.3 Å². The summed E-state index contributed by atoms with van der Waals surface area (Å²) in [5.41, 5.74) is 33.3. The van der Waals surface area contributed by atoms with E-state index in [0.29, 0.717) is 46.4 Å². The van der Waals surface area contributed by atoms with E-state index in [9.17, 15) is 0 Å². The second kappa shape index (κ2) is 21.8. The van der Waals surface area contributed by atoms with Crippen molar-refractivity contribution in [1.29, 1.82) is 0 Å². The first-order valence-electron chi connectivity index (χ1n) is 23.1. The molecule has 0 bridgehead atoms. The van der Waals surface area contributed by atoms with Crippen molar-refractivity contribution < 1.29 is 0 Å². The summed E-state index contributed by atoms with van der Waals surface area (Å²) >= 11 is 0. The molecule has 4 aliphatic carbocycles. The fraction of sp³-hybridized carbons (Fsp3) is 0.462. The van der Waals surface area contributed by atoms with Crippen molar-refractivity contribution in [2.24, 2.45) is 43.6 Å². The van der Waals surface area contributed by atoms with Crippen LogP contribution in [0.25, 0.3) is 22.3 Å². The van der Waals surface area contributed by atoms with Crippen LogP contribution in [0.15, 0.2) is 92.8 Å². The highest BCUT2D eigenvalue weighted by Gasteiger charge is 2.16. The van der Waals surface area contributed by atoms with Gasteiger partial charge in [0.2, 0.25) is 0 Å². The van der Waals surface area contributed by atoms with Crippen LogP contribution in [0.1, 0.15) is 128 Å². The van der Waals surface area contributed by atoms with Gasteiger partial charge in [-0.15, -0.1) is 0 Å². The summed E-state index contributed by atoms with van der Waals surface area (Å²) in [6, 6.07) is 24.3. The van der Waals surface area contributed by atoms with Gasteiger partial charge in [0.25, 0.3) is 0 Å². The Morgan fingerprint density at radius 2 is 0.567 bits per heavy atom. The third kappa shape index (κ3) is 12.4. The van der Waals surface area contributed by atoms with Crippen LogP contribution in [-0.4, -0.2) is 24.9 Å². The summed E-state index contributed by atoms with van der Waals surface area (Å²) < 4.78 is 0. The normalized spacial score (nSPS) is 19.1. The first kappa shape index (κ1) is 42.9. The number of nitrogen functional groups attached to an aromatic ring is 4. The van der Waals surface area contributed by atoms with Gasteiger partial charge >= 0.3 is 0 Å². The van der Waals surface area contributed by atoms with Crippen LogP contribution >= 0.6 is 0 Å². The number of hydrogen-bond donors (Lipinski definition) is 4. The van der Waals surface area contributed by atoms with E-state index in [4.69, 9.17) is 42.9 Å².